The lowest BCUT2D eigenvalue weighted by molar-refractivity contribution is -0.870. The fraction of sp³-hybridized carbons (Fsp3) is 0.538. The van der Waals surface area contributed by atoms with Gasteiger partial charge in [-0.3, -0.25) is 18.6 Å². The fourth-order valence-corrected chi connectivity index (χ4v) is 5.92. The molecule has 2 unspecified atom stereocenters. The summed E-state index contributed by atoms with van der Waals surface area (Å²) >= 11 is 0. The lowest BCUT2D eigenvalue weighted by Gasteiger charge is -2.24. The molecule has 0 heterocycles. The first-order valence-electron chi connectivity index (χ1n) is 22.9. The van der Waals surface area contributed by atoms with E-state index in [0.29, 0.717) is 23.9 Å². The maximum Gasteiger partial charge on any atom is 0.472 e. The Hall–Kier alpha value is -3.85. The largest absolute Gasteiger partial charge is 0.472 e. The smallest absolute Gasteiger partial charge is 0.462 e. The van der Waals surface area contributed by atoms with Crippen molar-refractivity contribution in [2.45, 2.75) is 136 Å². The summed E-state index contributed by atoms with van der Waals surface area (Å²) < 4.78 is 34.2. The molecule has 0 spiro atoms. The van der Waals surface area contributed by atoms with Crippen molar-refractivity contribution in [1.82, 2.24) is 0 Å². The Bertz CT molecular complexity index is 1510. The third-order valence-electron chi connectivity index (χ3n) is 8.69. The number of rotatable bonds is 39. The van der Waals surface area contributed by atoms with Gasteiger partial charge >= 0.3 is 19.8 Å². The van der Waals surface area contributed by atoms with Gasteiger partial charge in [0.1, 0.15) is 19.8 Å². The molecule has 348 valence electrons. The van der Waals surface area contributed by atoms with Crippen LogP contribution in [-0.2, 0) is 32.7 Å². The van der Waals surface area contributed by atoms with Crippen LogP contribution in [0.15, 0.2) is 134 Å². The normalized spacial score (nSPS) is 14.7. The number of phosphoric acid groups is 1. The first-order valence-corrected chi connectivity index (χ1v) is 24.4. The highest BCUT2D eigenvalue weighted by molar-refractivity contribution is 7.47. The van der Waals surface area contributed by atoms with Gasteiger partial charge in [-0.1, -0.05) is 154 Å². The van der Waals surface area contributed by atoms with Crippen molar-refractivity contribution in [3.8, 4) is 0 Å². The predicted molar refractivity (Wildman–Crippen MR) is 260 cm³/mol. The molecule has 0 rings (SSSR count). The van der Waals surface area contributed by atoms with Gasteiger partial charge in [0, 0.05) is 12.8 Å². The number of unbranched alkanes of at least 4 members (excludes halogenated alkanes) is 3. The number of hydrogen-bond donors (Lipinski definition) is 1. The molecule has 2 atom stereocenters. The summed E-state index contributed by atoms with van der Waals surface area (Å²) in [5.41, 5.74) is 0. The first-order chi connectivity index (χ1) is 30.0. The maximum atomic E-state index is 12.7. The van der Waals surface area contributed by atoms with Gasteiger partial charge in [0.2, 0.25) is 0 Å². The predicted octanol–water partition coefficient (Wildman–Crippen LogP) is 13.5. The number of likely N-dealkylation sites (N-methyl/N-ethyl adjacent to an activating group) is 1. The van der Waals surface area contributed by atoms with Crippen molar-refractivity contribution >= 4 is 19.8 Å². The van der Waals surface area contributed by atoms with Gasteiger partial charge in [0.25, 0.3) is 0 Å². The number of hydrogen-bond acceptors (Lipinski definition) is 7. The molecule has 0 amide bonds. The minimum Gasteiger partial charge on any atom is -0.462 e. The summed E-state index contributed by atoms with van der Waals surface area (Å²) in [6, 6.07) is 0. The molecule has 0 bridgehead atoms. The molecule has 1 N–H and O–H groups in total. The molecule has 0 aliphatic carbocycles. The Morgan fingerprint density at radius 1 is 0.500 bits per heavy atom. The van der Waals surface area contributed by atoms with Crippen molar-refractivity contribution in [2.75, 3.05) is 47.5 Å². The average molecular weight is 881 g/mol. The van der Waals surface area contributed by atoms with E-state index in [1.807, 2.05) is 33.3 Å². The highest BCUT2D eigenvalue weighted by Gasteiger charge is 2.27. The highest BCUT2D eigenvalue weighted by atomic mass is 31.2. The van der Waals surface area contributed by atoms with E-state index in [1.54, 1.807) is 0 Å². The van der Waals surface area contributed by atoms with Crippen molar-refractivity contribution < 1.29 is 42.1 Å². The van der Waals surface area contributed by atoms with E-state index >= 15 is 0 Å². The van der Waals surface area contributed by atoms with E-state index in [4.69, 9.17) is 18.5 Å². The topological polar surface area (TPSA) is 108 Å². The van der Waals surface area contributed by atoms with Crippen LogP contribution in [0, 0.1) is 0 Å². The molecule has 0 aliphatic heterocycles. The van der Waals surface area contributed by atoms with Crippen molar-refractivity contribution in [3.63, 3.8) is 0 Å². The van der Waals surface area contributed by atoms with Gasteiger partial charge in [-0.05, 0) is 96.3 Å². The molecule has 0 aromatic heterocycles. The molecule has 0 fully saturated rings. The second kappa shape index (κ2) is 42.5. The molecule has 9 nitrogen and oxygen atoms in total. The third kappa shape index (κ3) is 45.7. The highest BCUT2D eigenvalue weighted by Crippen LogP contribution is 2.43. The van der Waals surface area contributed by atoms with Crippen molar-refractivity contribution in [2.24, 2.45) is 0 Å². The SMILES string of the molecule is CC/C=C\C/C=C\C/C=C\C/C=C\C/C=C\C/C=C\C/C=C\CCCCCC(=O)OC(COC(=O)CC/C=C\C/C=C\C/C=C\C/C=C\CC)COP(=O)(O)OCC[N+](C)(C)C. The summed E-state index contributed by atoms with van der Waals surface area (Å²) in [5.74, 6) is -0.949. The van der Waals surface area contributed by atoms with E-state index < -0.39 is 32.5 Å². The first kappa shape index (κ1) is 58.1. The molecule has 10 heteroatoms. The van der Waals surface area contributed by atoms with Crippen LogP contribution in [0.1, 0.15) is 129 Å². The van der Waals surface area contributed by atoms with Crippen LogP contribution < -0.4 is 0 Å². The number of phosphoric ester groups is 1. The molecular weight excluding hydrogens is 798 g/mol. The van der Waals surface area contributed by atoms with Gasteiger partial charge in [-0.2, -0.15) is 0 Å². The number of carbonyl (C=O) groups is 2. The third-order valence-corrected chi connectivity index (χ3v) is 9.67. The van der Waals surface area contributed by atoms with Crippen LogP contribution in [0.2, 0.25) is 0 Å². The Morgan fingerprint density at radius 2 is 0.903 bits per heavy atom. The Morgan fingerprint density at radius 3 is 1.32 bits per heavy atom. The minimum absolute atomic E-state index is 0.00567. The zero-order valence-corrected chi connectivity index (χ0v) is 39.9. The Labute approximate surface area is 377 Å². The van der Waals surface area contributed by atoms with Crippen molar-refractivity contribution in [3.05, 3.63) is 134 Å². The summed E-state index contributed by atoms with van der Waals surface area (Å²) in [6.07, 6.45) is 61.0. The van der Waals surface area contributed by atoms with Crippen LogP contribution in [-0.4, -0.2) is 74.9 Å². The van der Waals surface area contributed by atoms with Gasteiger partial charge in [-0.15, -0.1) is 0 Å². The Kier molecular flexibility index (Phi) is 39.8. The second-order valence-corrected chi connectivity index (χ2v) is 17.1. The van der Waals surface area contributed by atoms with E-state index in [0.717, 1.165) is 89.9 Å². The van der Waals surface area contributed by atoms with E-state index in [-0.39, 0.29) is 26.1 Å². The summed E-state index contributed by atoms with van der Waals surface area (Å²) in [5, 5.41) is 0. The summed E-state index contributed by atoms with van der Waals surface area (Å²) in [4.78, 5) is 35.3. The van der Waals surface area contributed by atoms with Gasteiger partial charge in [-0.25, -0.2) is 4.57 Å². The molecule has 0 saturated carbocycles. The summed E-state index contributed by atoms with van der Waals surface area (Å²) in [6.45, 7) is 4.02. The Balaban J connectivity index is 4.48. The van der Waals surface area contributed by atoms with Crippen LogP contribution in [0.4, 0.5) is 0 Å². The maximum absolute atomic E-state index is 12.7. The fourth-order valence-electron chi connectivity index (χ4n) is 5.18. The van der Waals surface area contributed by atoms with Gasteiger partial charge in [0.05, 0.1) is 27.7 Å². The van der Waals surface area contributed by atoms with E-state index in [2.05, 4.69) is 135 Å². The number of quaternary nitrogens is 1. The number of carbonyl (C=O) groups excluding carboxylic acids is 2. The number of esters is 2. The number of allylic oxidation sites excluding steroid dienone is 22. The van der Waals surface area contributed by atoms with Crippen LogP contribution in [0.3, 0.4) is 0 Å². The molecule has 0 radical (unpaired) electrons. The zero-order chi connectivity index (χ0) is 45.7. The average Bonchev–Trinajstić information content (AvgIpc) is 3.23. The number of ether oxygens (including phenoxy) is 2. The van der Waals surface area contributed by atoms with E-state index in [1.165, 1.54) is 0 Å². The van der Waals surface area contributed by atoms with E-state index in [9.17, 15) is 19.0 Å². The van der Waals surface area contributed by atoms with Crippen LogP contribution in [0.5, 0.6) is 0 Å². The van der Waals surface area contributed by atoms with Gasteiger partial charge in [0.15, 0.2) is 6.10 Å². The second-order valence-electron chi connectivity index (χ2n) is 15.7. The van der Waals surface area contributed by atoms with Crippen molar-refractivity contribution in [1.29, 1.82) is 0 Å². The minimum atomic E-state index is -4.41. The zero-order valence-electron chi connectivity index (χ0n) is 39.0. The molecule has 0 aromatic rings. The molecule has 0 aromatic carbocycles. The van der Waals surface area contributed by atoms with Gasteiger partial charge < -0.3 is 18.9 Å². The monoisotopic (exact) mass is 881 g/mol. The number of nitrogens with zero attached hydrogens (tertiary/aromatic N) is 1. The molecule has 62 heavy (non-hydrogen) atoms. The molecular formula is C52H83NO8P+. The van der Waals surface area contributed by atoms with Crippen LogP contribution >= 0.6 is 7.82 Å². The lowest BCUT2D eigenvalue weighted by Crippen LogP contribution is -2.37. The quantitative estimate of drug-likeness (QED) is 0.0214. The molecule has 0 saturated heterocycles. The van der Waals surface area contributed by atoms with Crippen LogP contribution in [0.25, 0.3) is 0 Å². The molecule has 0 aliphatic rings. The standard InChI is InChI=1S/C52H82NO8P/c1-6-8-10-12-14-16-18-20-21-22-23-24-25-26-27-28-29-30-31-33-35-37-39-41-43-45-52(55)61-50(49-60-62(56,57)59-47-46-53(3,4)5)48-58-51(54)44-42-40-38-36-34-32-19-17-15-13-11-9-7-2/h8-11,14-17,20-21,23-24,26-27,29-30,32-35,38,40,50H,6-7,12-13,18-19,22,25,28,31,36-37,39,41-49H2,1-5H3/p+1/b10-8-,11-9-,16-14-,17-15-,21-20-,24-23-,27-26-,30-29-,34-32-,35-33-,40-38-. The summed E-state index contributed by atoms with van der Waals surface area (Å²) in [7, 11) is 1.39. The lowest BCUT2D eigenvalue weighted by atomic mass is 10.1.